The summed E-state index contributed by atoms with van der Waals surface area (Å²) < 4.78 is 0. The van der Waals surface area contributed by atoms with Gasteiger partial charge in [-0.3, -0.25) is 19.3 Å². The fraction of sp³-hybridized carbons (Fsp3) is 0.769. The number of nitrogens with zero attached hydrogens (tertiary/aromatic N) is 4. The van der Waals surface area contributed by atoms with Crippen LogP contribution in [-0.2, 0) is 14.4 Å². The van der Waals surface area contributed by atoms with E-state index in [1.165, 1.54) is 0 Å². The van der Waals surface area contributed by atoms with Crippen molar-refractivity contribution in [1.29, 1.82) is 0 Å². The highest BCUT2D eigenvalue weighted by atomic mass is 16.2. The van der Waals surface area contributed by atoms with Gasteiger partial charge in [-0.1, -0.05) is 0 Å². The van der Waals surface area contributed by atoms with Gasteiger partial charge in [-0.05, 0) is 0 Å². The Kier molecular flexibility index (Phi) is 4.94. The van der Waals surface area contributed by atoms with Crippen molar-refractivity contribution < 1.29 is 14.4 Å². The molecule has 0 unspecified atom stereocenters. The largest absolute Gasteiger partial charge is 0.342 e. The van der Waals surface area contributed by atoms with Crippen molar-refractivity contribution in [1.82, 2.24) is 19.6 Å². The predicted octanol–water partition coefficient (Wildman–Crippen LogP) is -1.55. The number of hydrogen-bond acceptors (Lipinski definition) is 4. The van der Waals surface area contributed by atoms with Crippen LogP contribution < -0.4 is 0 Å². The summed E-state index contributed by atoms with van der Waals surface area (Å²) in [6, 6.07) is 0. The lowest BCUT2D eigenvalue weighted by Crippen LogP contribution is -2.54. The molecule has 2 saturated heterocycles. The van der Waals surface area contributed by atoms with Gasteiger partial charge < -0.3 is 14.7 Å². The van der Waals surface area contributed by atoms with Crippen LogP contribution in [0.25, 0.3) is 0 Å². The highest BCUT2D eigenvalue weighted by Gasteiger charge is 2.24. The lowest BCUT2D eigenvalue weighted by Gasteiger charge is -2.37. The second-order valence-corrected chi connectivity index (χ2v) is 5.30. The van der Waals surface area contributed by atoms with Crippen LogP contribution in [0.2, 0.25) is 0 Å². The van der Waals surface area contributed by atoms with E-state index in [1.807, 2.05) is 9.80 Å². The summed E-state index contributed by atoms with van der Waals surface area (Å²) in [5.74, 6) is 0.216. The molecule has 2 fully saturated rings. The molecule has 0 aromatic carbocycles. The van der Waals surface area contributed by atoms with Crippen molar-refractivity contribution >= 4 is 18.2 Å². The third-order valence-electron chi connectivity index (χ3n) is 3.99. The van der Waals surface area contributed by atoms with Crippen LogP contribution in [0.1, 0.15) is 6.92 Å². The van der Waals surface area contributed by atoms with Crippen LogP contribution in [-0.4, -0.2) is 96.7 Å². The summed E-state index contributed by atoms with van der Waals surface area (Å²) in [5.41, 5.74) is 0. The van der Waals surface area contributed by atoms with E-state index < -0.39 is 0 Å². The molecule has 0 bridgehead atoms. The minimum absolute atomic E-state index is 0.0981. The quantitative estimate of drug-likeness (QED) is 0.588. The van der Waals surface area contributed by atoms with Crippen molar-refractivity contribution in [2.75, 3.05) is 58.9 Å². The smallest absolute Gasteiger partial charge is 0.236 e. The predicted molar refractivity (Wildman–Crippen MR) is 72.9 cm³/mol. The normalized spacial score (nSPS) is 20.9. The Labute approximate surface area is 119 Å². The first-order valence-corrected chi connectivity index (χ1v) is 7.05. The first kappa shape index (κ1) is 14.8. The van der Waals surface area contributed by atoms with Gasteiger partial charge in [0, 0.05) is 59.3 Å². The van der Waals surface area contributed by atoms with Crippen molar-refractivity contribution in [2.24, 2.45) is 0 Å². The number of hydrogen-bond donors (Lipinski definition) is 0. The average Bonchev–Trinajstić information content (AvgIpc) is 2.48. The summed E-state index contributed by atoms with van der Waals surface area (Å²) in [4.78, 5) is 41.4. The molecule has 0 aromatic heterocycles. The van der Waals surface area contributed by atoms with Crippen molar-refractivity contribution in [3.63, 3.8) is 0 Å². The van der Waals surface area contributed by atoms with Crippen LogP contribution in [0, 0.1) is 0 Å². The fourth-order valence-corrected chi connectivity index (χ4v) is 2.59. The standard InChI is InChI=1S/C13H22N4O3/c1-12(19)16-6-2-14(3-7-16)10-13(20)17-8-4-15(11-18)5-9-17/h11H,2-10H2,1H3. The Morgan fingerprint density at radius 1 is 0.900 bits per heavy atom. The molecule has 0 atom stereocenters. The highest BCUT2D eigenvalue weighted by Crippen LogP contribution is 2.05. The number of carbonyl (C=O) groups excluding carboxylic acids is 3. The Balaban J connectivity index is 1.73. The summed E-state index contributed by atoms with van der Waals surface area (Å²) in [6.45, 7) is 7.35. The van der Waals surface area contributed by atoms with E-state index in [2.05, 4.69) is 4.90 Å². The zero-order chi connectivity index (χ0) is 14.5. The molecule has 0 radical (unpaired) electrons. The van der Waals surface area contributed by atoms with Crippen molar-refractivity contribution in [3.05, 3.63) is 0 Å². The molecule has 0 N–H and O–H groups in total. The maximum absolute atomic E-state index is 12.2. The van der Waals surface area contributed by atoms with Crippen LogP contribution in [0.3, 0.4) is 0 Å². The van der Waals surface area contributed by atoms with E-state index in [0.29, 0.717) is 45.8 Å². The van der Waals surface area contributed by atoms with Gasteiger partial charge in [0.15, 0.2) is 0 Å². The first-order chi connectivity index (χ1) is 9.60. The lowest BCUT2D eigenvalue weighted by molar-refractivity contribution is -0.137. The van der Waals surface area contributed by atoms with E-state index >= 15 is 0 Å². The Morgan fingerprint density at radius 2 is 1.45 bits per heavy atom. The second-order valence-electron chi connectivity index (χ2n) is 5.30. The molecule has 2 heterocycles. The maximum atomic E-state index is 12.2. The summed E-state index contributed by atoms with van der Waals surface area (Å²) in [7, 11) is 0. The Morgan fingerprint density at radius 3 is 1.95 bits per heavy atom. The summed E-state index contributed by atoms with van der Waals surface area (Å²) >= 11 is 0. The molecular formula is C13H22N4O3. The van der Waals surface area contributed by atoms with Gasteiger partial charge >= 0.3 is 0 Å². The van der Waals surface area contributed by atoms with E-state index in [9.17, 15) is 14.4 Å². The van der Waals surface area contributed by atoms with Crippen LogP contribution in [0.4, 0.5) is 0 Å². The Bertz CT molecular complexity index is 372. The number of piperazine rings is 2. The van der Waals surface area contributed by atoms with E-state index in [0.717, 1.165) is 19.5 Å². The van der Waals surface area contributed by atoms with Crippen molar-refractivity contribution in [3.8, 4) is 0 Å². The maximum Gasteiger partial charge on any atom is 0.236 e. The van der Waals surface area contributed by atoms with Gasteiger partial charge in [-0.25, -0.2) is 0 Å². The molecule has 0 aromatic rings. The van der Waals surface area contributed by atoms with Gasteiger partial charge in [0.1, 0.15) is 0 Å². The molecule has 7 heteroatoms. The van der Waals surface area contributed by atoms with Gasteiger partial charge in [-0.2, -0.15) is 0 Å². The highest BCUT2D eigenvalue weighted by molar-refractivity contribution is 5.78. The third-order valence-corrected chi connectivity index (χ3v) is 3.99. The third kappa shape index (κ3) is 3.69. The molecule has 112 valence electrons. The van der Waals surface area contributed by atoms with Crippen molar-refractivity contribution in [2.45, 2.75) is 6.92 Å². The van der Waals surface area contributed by atoms with Crippen LogP contribution in [0.15, 0.2) is 0 Å². The van der Waals surface area contributed by atoms with E-state index in [4.69, 9.17) is 0 Å². The summed E-state index contributed by atoms with van der Waals surface area (Å²) in [5, 5.41) is 0. The molecule has 7 nitrogen and oxygen atoms in total. The van der Waals surface area contributed by atoms with Crippen LogP contribution in [0.5, 0.6) is 0 Å². The van der Waals surface area contributed by atoms with E-state index in [1.54, 1.807) is 11.8 Å². The SMILES string of the molecule is CC(=O)N1CCN(CC(=O)N2CCN(C=O)CC2)CC1. The molecule has 2 aliphatic rings. The van der Waals surface area contributed by atoms with Gasteiger partial charge in [0.05, 0.1) is 6.54 Å². The molecule has 0 saturated carbocycles. The minimum Gasteiger partial charge on any atom is -0.342 e. The Hall–Kier alpha value is -1.63. The first-order valence-electron chi connectivity index (χ1n) is 7.05. The topological polar surface area (TPSA) is 64.2 Å². The molecule has 0 aliphatic carbocycles. The average molecular weight is 282 g/mol. The second kappa shape index (κ2) is 6.69. The number of carbonyl (C=O) groups is 3. The number of rotatable bonds is 3. The molecule has 2 rings (SSSR count). The van der Waals surface area contributed by atoms with E-state index in [-0.39, 0.29) is 11.8 Å². The molecule has 20 heavy (non-hydrogen) atoms. The molecule has 2 aliphatic heterocycles. The number of amides is 3. The fourth-order valence-electron chi connectivity index (χ4n) is 2.59. The van der Waals surface area contributed by atoms with Crippen LogP contribution >= 0.6 is 0 Å². The zero-order valence-corrected chi connectivity index (χ0v) is 12.0. The molecular weight excluding hydrogens is 260 g/mol. The summed E-state index contributed by atoms with van der Waals surface area (Å²) in [6.07, 6.45) is 0.836. The lowest BCUT2D eigenvalue weighted by atomic mass is 10.3. The van der Waals surface area contributed by atoms with Gasteiger partial charge in [0.2, 0.25) is 18.2 Å². The monoisotopic (exact) mass is 282 g/mol. The van der Waals surface area contributed by atoms with Gasteiger partial charge in [-0.15, -0.1) is 0 Å². The van der Waals surface area contributed by atoms with Gasteiger partial charge in [0.25, 0.3) is 0 Å². The zero-order valence-electron chi connectivity index (χ0n) is 12.0. The molecule has 0 spiro atoms. The minimum atomic E-state index is 0.0981. The molecule has 3 amide bonds.